The van der Waals surface area contributed by atoms with E-state index in [-0.39, 0.29) is 23.7 Å². The molecule has 0 spiro atoms. The monoisotopic (exact) mass is 362 g/mol. The van der Waals surface area contributed by atoms with Gasteiger partial charge in [-0.25, -0.2) is 0 Å². The highest BCUT2D eigenvalue weighted by atomic mass is 35.5. The lowest BCUT2D eigenvalue weighted by Crippen LogP contribution is -2.39. The highest BCUT2D eigenvalue weighted by Crippen LogP contribution is 2.31. The van der Waals surface area contributed by atoms with E-state index in [2.05, 4.69) is 10.6 Å². The molecule has 3 rings (SSSR count). The summed E-state index contributed by atoms with van der Waals surface area (Å²) in [5.41, 5.74) is 1.78. The fourth-order valence-electron chi connectivity index (χ4n) is 4.01. The SMILES string of the molecule is Cc1cc(Cl)ccc1NC(=O)C1CCC(C(=O)NC2CCCC2)CC1. The molecule has 2 amide bonds. The lowest BCUT2D eigenvalue weighted by Gasteiger charge is -2.28. The van der Waals surface area contributed by atoms with Crippen molar-refractivity contribution in [3.05, 3.63) is 28.8 Å². The molecule has 0 aliphatic heterocycles. The average molecular weight is 363 g/mol. The van der Waals surface area contributed by atoms with Gasteiger partial charge in [0.05, 0.1) is 0 Å². The number of carbonyl (C=O) groups is 2. The number of carbonyl (C=O) groups excluding carboxylic acids is 2. The molecule has 4 nitrogen and oxygen atoms in total. The van der Waals surface area contributed by atoms with Crippen LogP contribution in [0.1, 0.15) is 56.9 Å². The quantitative estimate of drug-likeness (QED) is 0.831. The van der Waals surface area contributed by atoms with Gasteiger partial charge in [0.15, 0.2) is 0 Å². The predicted octanol–water partition coefficient (Wildman–Crippen LogP) is 4.45. The van der Waals surface area contributed by atoms with Crippen molar-refractivity contribution in [1.82, 2.24) is 5.32 Å². The molecule has 0 radical (unpaired) electrons. The van der Waals surface area contributed by atoms with Crippen LogP contribution in [0.4, 0.5) is 5.69 Å². The zero-order valence-electron chi connectivity index (χ0n) is 14.8. The first kappa shape index (κ1) is 18.2. The van der Waals surface area contributed by atoms with Crippen molar-refractivity contribution >= 4 is 29.1 Å². The minimum absolute atomic E-state index is 0.00870. The van der Waals surface area contributed by atoms with Crippen LogP contribution in [0.15, 0.2) is 18.2 Å². The molecule has 5 heteroatoms. The smallest absolute Gasteiger partial charge is 0.227 e. The van der Waals surface area contributed by atoms with Crippen molar-refractivity contribution in [2.45, 2.75) is 64.3 Å². The Bertz CT molecular complexity index is 633. The minimum Gasteiger partial charge on any atom is -0.353 e. The van der Waals surface area contributed by atoms with Crippen LogP contribution in [-0.4, -0.2) is 17.9 Å². The Morgan fingerprint density at radius 2 is 1.56 bits per heavy atom. The van der Waals surface area contributed by atoms with Crippen molar-refractivity contribution < 1.29 is 9.59 Å². The summed E-state index contributed by atoms with van der Waals surface area (Å²) in [5, 5.41) is 6.88. The van der Waals surface area contributed by atoms with E-state index < -0.39 is 0 Å². The number of rotatable bonds is 4. The minimum atomic E-state index is -0.00870. The van der Waals surface area contributed by atoms with Crippen molar-refractivity contribution in [3.63, 3.8) is 0 Å². The van der Waals surface area contributed by atoms with Gasteiger partial charge in [-0.2, -0.15) is 0 Å². The molecule has 136 valence electrons. The zero-order chi connectivity index (χ0) is 17.8. The van der Waals surface area contributed by atoms with E-state index in [0.29, 0.717) is 11.1 Å². The Morgan fingerprint density at radius 3 is 2.16 bits per heavy atom. The molecule has 2 aliphatic carbocycles. The predicted molar refractivity (Wildman–Crippen MR) is 101 cm³/mol. The molecule has 2 N–H and O–H groups in total. The number of anilines is 1. The van der Waals surface area contributed by atoms with Crippen molar-refractivity contribution in [2.24, 2.45) is 11.8 Å². The standard InChI is InChI=1S/C20H27ClN2O2/c1-13-12-16(21)10-11-18(13)23-20(25)15-8-6-14(7-9-15)19(24)22-17-4-2-3-5-17/h10-12,14-15,17H,2-9H2,1H3,(H,22,24)(H,23,25). The number of halogens is 1. The summed E-state index contributed by atoms with van der Waals surface area (Å²) >= 11 is 5.96. The van der Waals surface area contributed by atoms with Crippen LogP contribution in [-0.2, 0) is 9.59 Å². The normalized spacial score (nSPS) is 24.1. The molecule has 0 saturated heterocycles. The van der Waals surface area contributed by atoms with Gasteiger partial charge in [0.2, 0.25) is 11.8 Å². The largest absolute Gasteiger partial charge is 0.353 e. The van der Waals surface area contributed by atoms with Crippen LogP contribution in [0.3, 0.4) is 0 Å². The Kier molecular flexibility index (Phi) is 6.00. The maximum Gasteiger partial charge on any atom is 0.227 e. The first-order chi connectivity index (χ1) is 12.0. The van der Waals surface area contributed by atoms with Crippen LogP contribution in [0.2, 0.25) is 5.02 Å². The van der Waals surface area contributed by atoms with E-state index in [1.165, 1.54) is 12.8 Å². The van der Waals surface area contributed by atoms with Crippen LogP contribution < -0.4 is 10.6 Å². The van der Waals surface area contributed by atoms with Crippen molar-refractivity contribution in [2.75, 3.05) is 5.32 Å². The highest BCUT2D eigenvalue weighted by molar-refractivity contribution is 6.30. The Balaban J connectivity index is 1.47. The lowest BCUT2D eigenvalue weighted by atomic mass is 9.81. The summed E-state index contributed by atoms with van der Waals surface area (Å²) in [6.07, 6.45) is 7.84. The maximum absolute atomic E-state index is 12.5. The zero-order valence-corrected chi connectivity index (χ0v) is 15.6. The molecule has 1 aromatic carbocycles. The van der Waals surface area contributed by atoms with Gasteiger partial charge in [-0.1, -0.05) is 24.4 Å². The maximum atomic E-state index is 12.5. The van der Waals surface area contributed by atoms with Gasteiger partial charge in [-0.05, 0) is 69.2 Å². The third-order valence-corrected chi connectivity index (χ3v) is 5.85. The van der Waals surface area contributed by atoms with E-state index in [9.17, 15) is 9.59 Å². The lowest BCUT2D eigenvalue weighted by molar-refractivity contribution is -0.129. The van der Waals surface area contributed by atoms with Crippen LogP contribution in [0.5, 0.6) is 0 Å². The molecular weight excluding hydrogens is 336 g/mol. The van der Waals surface area contributed by atoms with Crippen LogP contribution >= 0.6 is 11.6 Å². The first-order valence-electron chi connectivity index (χ1n) is 9.40. The van der Waals surface area contributed by atoms with E-state index in [1.807, 2.05) is 19.1 Å². The summed E-state index contributed by atoms with van der Waals surface area (Å²) in [7, 11) is 0. The number of amides is 2. The van der Waals surface area contributed by atoms with Crippen LogP contribution in [0.25, 0.3) is 0 Å². The molecule has 0 aromatic heterocycles. The topological polar surface area (TPSA) is 58.2 Å². The molecule has 0 atom stereocenters. The van der Waals surface area contributed by atoms with Crippen LogP contribution in [0, 0.1) is 18.8 Å². The molecule has 2 fully saturated rings. The summed E-state index contributed by atoms with van der Waals surface area (Å²) in [5.74, 6) is 0.312. The van der Waals surface area contributed by atoms with E-state index >= 15 is 0 Å². The van der Waals surface area contributed by atoms with Gasteiger partial charge in [0.1, 0.15) is 0 Å². The van der Waals surface area contributed by atoms with Crippen molar-refractivity contribution in [1.29, 1.82) is 0 Å². The summed E-state index contributed by atoms with van der Waals surface area (Å²) < 4.78 is 0. The van der Waals surface area contributed by atoms with Crippen molar-refractivity contribution in [3.8, 4) is 0 Å². The summed E-state index contributed by atoms with van der Waals surface area (Å²) in [6.45, 7) is 1.94. The fourth-order valence-corrected chi connectivity index (χ4v) is 4.24. The Hall–Kier alpha value is -1.55. The van der Waals surface area contributed by atoms with Gasteiger partial charge in [-0.3, -0.25) is 9.59 Å². The average Bonchev–Trinajstić information content (AvgIpc) is 3.10. The number of aryl methyl sites for hydroxylation is 1. The molecule has 0 heterocycles. The van der Waals surface area contributed by atoms with Gasteiger partial charge in [0, 0.05) is 28.6 Å². The molecule has 0 bridgehead atoms. The number of nitrogens with one attached hydrogen (secondary N) is 2. The van der Waals surface area contributed by atoms with Gasteiger partial charge < -0.3 is 10.6 Å². The first-order valence-corrected chi connectivity index (χ1v) is 9.78. The van der Waals surface area contributed by atoms with E-state index in [0.717, 1.165) is 49.8 Å². The second kappa shape index (κ2) is 8.22. The summed E-state index contributed by atoms with van der Waals surface area (Å²) in [6, 6.07) is 5.85. The van der Waals surface area contributed by atoms with Gasteiger partial charge in [-0.15, -0.1) is 0 Å². The van der Waals surface area contributed by atoms with E-state index in [1.54, 1.807) is 6.07 Å². The second-order valence-corrected chi connectivity index (χ2v) is 7.92. The molecule has 0 unspecified atom stereocenters. The molecule has 25 heavy (non-hydrogen) atoms. The van der Waals surface area contributed by atoms with Gasteiger partial charge in [0.25, 0.3) is 0 Å². The molecule has 2 saturated carbocycles. The van der Waals surface area contributed by atoms with E-state index in [4.69, 9.17) is 11.6 Å². The number of hydrogen-bond acceptors (Lipinski definition) is 2. The number of hydrogen-bond donors (Lipinski definition) is 2. The Labute approximate surface area is 154 Å². The fraction of sp³-hybridized carbons (Fsp3) is 0.600. The third-order valence-electron chi connectivity index (χ3n) is 5.62. The highest BCUT2D eigenvalue weighted by Gasteiger charge is 2.31. The Morgan fingerprint density at radius 1 is 0.960 bits per heavy atom. The number of benzene rings is 1. The second-order valence-electron chi connectivity index (χ2n) is 7.49. The van der Waals surface area contributed by atoms with Gasteiger partial charge >= 0.3 is 0 Å². The summed E-state index contributed by atoms with van der Waals surface area (Å²) in [4.78, 5) is 24.9. The third kappa shape index (κ3) is 4.75. The molecule has 1 aromatic rings. The molecule has 2 aliphatic rings. The molecular formula is C20H27ClN2O2.